The van der Waals surface area contributed by atoms with Crippen LogP contribution in [-0.2, 0) is 16.2 Å². The van der Waals surface area contributed by atoms with E-state index in [-0.39, 0.29) is 36.1 Å². The molecule has 0 spiro atoms. The molecule has 1 heterocycles. The van der Waals surface area contributed by atoms with Crippen LogP contribution in [0.5, 0.6) is 0 Å². The van der Waals surface area contributed by atoms with Crippen LogP contribution in [0.1, 0.15) is 63.4 Å². The average molecular weight is 539 g/mol. The molecule has 1 aliphatic heterocycles. The van der Waals surface area contributed by atoms with Crippen LogP contribution in [0.4, 0.5) is 0 Å². The number of aromatic carboxylic acids is 1. The fourth-order valence-electron chi connectivity index (χ4n) is 6.29. The van der Waals surface area contributed by atoms with Crippen molar-refractivity contribution in [1.82, 2.24) is 10.4 Å². The zero-order valence-corrected chi connectivity index (χ0v) is 23.5. The Morgan fingerprint density at radius 3 is 2.44 bits per heavy atom. The third-order valence-electron chi connectivity index (χ3n) is 9.17. The van der Waals surface area contributed by atoms with Crippen molar-refractivity contribution in [3.8, 4) is 11.1 Å². The second-order valence-corrected chi connectivity index (χ2v) is 12.0. The third-order valence-corrected chi connectivity index (χ3v) is 9.17. The number of aliphatic hydroxyl groups is 2. The second kappa shape index (κ2) is 11.8. The topological polar surface area (TPSA) is 119 Å². The molecular formula is C31H42N2O6. The molecule has 212 valence electrons. The van der Waals surface area contributed by atoms with Crippen molar-refractivity contribution in [3.63, 3.8) is 0 Å². The van der Waals surface area contributed by atoms with E-state index in [9.17, 15) is 24.9 Å². The number of hydroxylamine groups is 2. The van der Waals surface area contributed by atoms with Crippen LogP contribution in [-0.4, -0.2) is 63.2 Å². The van der Waals surface area contributed by atoms with Crippen molar-refractivity contribution in [2.24, 2.45) is 23.2 Å². The second-order valence-electron chi connectivity index (χ2n) is 12.0. The van der Waals surface area contributed by atoms with Crippen LogP contribution in [0.2, 0.25) is 0 Å². The monoisotopic (exact) mass is 538 g/mol. The van der Waals surface area contributed by atoms with E-state index in [1.165, 1.54) is 0 Å². The van der Waals surface area contributed by atoms with Gasteiger partial charge in [-0.3, -0.25) is 9.63 Å². The first kappa shape index (κ1) is 29.2. The summed E-state index contributed by atoms with van der Waals surface area (Å²) in [6.45, 7) is 10.6. The van der Waals surface area contributed by atoms with E-state index in [0.29, 0.717) is 11.8 Å². The Morgan fingerprint density at radius 1 is 1.13 bits per heavy atom. The fourth-order valence-corrected chi connectivity index (χ4v) is 6.29. The van der Waals surface area contributed by atoms with E-state index in [0.717, 1.165) is 29.5 Å². The Labute approximate surface area is 230 Å². The lowest BCUT2D eigenvalue weighted by atomic mass is 9.63. The number of carboxylic acids is 1. The molecule has 2 fully saturated rings. The number of nitrogens with one attached hydrogen (secondary N) is 1. The lowest BCUT2D eigenvalue weighted by molar-refractivity contribution is -0.182. The lowest BCUT2D eigenvalue weighted by Crippen LogP contribution is -2.55. The molecule has 0 radical (unpaired) electrons. The number of carbonyl (C=O) groups is 2. The predicted octanol–water partition coefficient (Wildman–Crippen LogP) is 4.10. The molecule has 0 aromatic heterocycles. The summed E-state index contributed by atoms with van der Waals surface area (Å²) in [7, 11) is 0. The Bertz CT molecular complexity index is 1180. The highest BCUT2D eigenvalue weighted by atomic mass is 16.7. The van der Waals surface area contributed by atoms with Gasteiger partial charge in [-0.1, -0.05) is 58.0 Å². The highest BCUT2D eigenvalue weighted by Gasteiger charge is 2.50. The first-order valence-electron chi connectivity index (χ1n) is 13.9. The maximum atomic E-state index is 13.8. The predicted molar refractivity (Wildman–Crippen MR) is 149 cm³/mol. The molecular weight excluding hydrogens is 496 g/mol. The molecule has 7 atom stereocenters. The summed E-state index contributed by atoms with van der Waals surface area (Å²) in [5, 5.41) is 34.9. The normalized spacial score (nSPS) is 29.6. The molecule has 0 bridgehead atoms. The largest absolute Gasteiger partial charge is 0.478 e. The standard InChI is InChI=1S/C31H42N2O6/c1-18-19(2)31(4,5)13-12-25(18)32-29(36)28-27(20(3)35)26(17-34)39-33(28)16-21-8-6-9-22(14-21)23-10-7-11-24(15-23)30(37)38/h6-11,14-15,18-20,25-28,34-35H,12-13,16-17H2,1-5H3,(H,32,36)(H,37,38)/t18-,19-,20-,25-,26-,27+,28-/m0/s1. The van der Waals surface area contributed by atoms with Gasteiger partial charge in [-0.15, -0.1) is 0 Å². The molecule has 2 aliphatic rings. The summed E-state index contributed by atoms with van der Waals surface area (Å²) < 4.78 is 0. The molecule has 1 amide bonds. The van der Waals surface area contributed by atoms with Gasteiger partial charge in [0, 0.05) is 12.0 Å². The maximum Gasteiger partial charge on any atom is 0.335 e. The van der Waals surface area contributed by atoms with Crippen LogP contribution in [0.15, 0.2) is 48.5 Å². The van der Waals surface area contributed by atoms with Crippen LogP contribution in [0.25, 0.3) is 11.1 Å². The molecule has 8 heteroatoms. The Balaban J connectivity index is 1.58. The Kier molecular flexibility index (Phi) is 8.81. The highest BCUT2D eigenvalue weighted by Crippen LogP contribution is 2.44. The number of hydrogen-bond donors (Lipinski definition) is 4. The van der Waals surface area contributed by atoms with E-state index in [1.807, 2.05) is 30.3 Å². The van der Waals surface area contributed by atoms with Crippen molar-refractivity contribution in [3.05, 3.63) is 59.7 Å². The molecule has 0 unspecified atom stereocenters. The first-order valence-corrected chi connectivity index (χ1v) is 13.9. The SMILES string of the molecule is C[C@@H]1[C@@H](NC(=O)[C@@H]2[C@H]([C@H](C)O)[C@H](CO)ON2Cc2cccc(-c3cccc(C(=O)O)c3)c2)CCC(C)(C)[C@H]1C. The Hall–Kier alpha value is -2.78. The molecule has 1 aliphatic carbocycles. The number of benzene rings is 2. The van der Waals surface area contributed by atoms with Gasteiger partial charge in [0.05, 0.1) is 24.8 Å². The van der Waals surface area contributed by atoms with E-state index in [1.54, 1.807) is 30.2 Å². The summed E-state index contributed by atoms with van der Waals surface area (Å²) in [6, 6.07) is 13.6. The van der Waals surface area contributed by atoms with Crippen LogP contribution in [0, 0.1) is 23.2 Å². The van der Waals surface area contributed by atoms with Gasteiger partial charge >= 0.3 is 5.97 Å². The zero-order valence-electron chi connectivity index (χ0n) is 23.5. The van der Waals surface area contributed by atoms with Crippen molar-refractivity contribution in [2.45, 2.75) is 78.3 Å². The first-order chi connectivity index (χ1) is 18.4. The Morgan fingerprint density at radius 2 is 1.79 bits per heavy atom. The minimum Gasteiger partial charge on any atom is -0.478 e. The van der Waals surface area contributed by atoms with E-state index < -0.39 is 30.1 Å². The van der Waals surface area contributed by atoms with Crippen LogP contribution in [0.3, 0.4) is 0 Å². The minimum absolute atomic E-state index is 0.0232. The molecule has 2 aromatic carbocycles. The molecule has 2 aromatic rings. The van der Waals surface area contributed by atoms with Crippen molar-refractivity contribution in [1.29, 1.82) is 0 Å². The van der Waals surface area contributed by atoms with Gasteiger partial charge in [0.1, 0.15) is 12.1 Å². The molecule has 1 saturated carbocycles. The molecule has 1 saturated heterocycles. The summed E-state index contributed by atoms with van der Waals surface area (Å²) in [4.78, 5) is 31.3. The number of amides is 1. The van der Waals surface area contributed by atoms with Gasteiger partial charge in [0.15, 0.2) is 0 Å². The number of carboxylic acid groups (broad SMARTS) is 1. The molecule has 4 rings (SSSR count). The van der Waals surface area contributed by atoms with Crippen molar-refractivity contribution < 1.29 is 29.7 Å². The third kappa shape index (κ3) is 6.19. The number of rotatable bonds is 8. The molecule has 8 nitrogen and oxygen atoms in total. The van der Waals surface area contributed by atoms with Crippen molar-refractivity contribution in [2.75, 3.05) is 6.61 Å². The van der Waals surface area contributed by atoms with Crippen molar-refractivity contribution >= 4 is 11.9 Å². The number of nitrogens with zero attached hydrogens (tertiary/aromatic N) is 1. The number of hydrogen-bond acceptors (Lipinski definition) is 6. The molecule has 4 N–H and O–H groups in total. The summed E-state index contributed by atoms with van der Waals surface area (Å²) in [6.07, 6.45) is 0.328. The smallest absolute Gasteiger partial charge is 0.335 e. The van der Waals surface area contributed by atoms with Crippen LogP contribution >= 0.6 is 0 Å². The zero-order chi connectivity index (χ0) is 28.5. The highest BCUT2D eigenvalue weighted by molar-refractivity contribution is 5.89. The van der Waals surface area contributed by atoms with Gasteiger partial charge in [-0.05, 0) is 71.9 Å². The average Bonchev–Trinajstić information content (AvgIpc) is 3.28. The number of aliphatic hydroxyl groups excluding tert-OH is 2. The van der Waals surface area contributed by atoms with Gasteiger partial charge in [-0.2, -0.15) is 5.06 Å². The van der Waals surface area contributed by atoms with E-state index in [4.69, 9.17) is 4.84 Å². The summed E-state index contributed by atoms with van der Waals surface area (Å²) >= 11 is 0. The van der Waals surface area contributed by atoms with Crippen LogP contribution < -0.4 is 5.32 Å². The maximum absolute atomic E-state index is 13.8. The lowest BCUT2D eigenvalue weighted by Gasteiger charge is -2.46. The van der Waals surface area contributed by atoms with Gasteiger partial charge in [0.2, 0.25) is 5.91 Å². The summed E-state index contributed by atoms with van der Waals surface area (Å²) in [5.41, 5.74) is 2.89. The van der Waals surface area contributed by atoms with E-state index >= 15 is 0 Å². The minimum atomic E-state index is -0.989. The van der Waals surface area contributed by atoms with Gasteiger partial charge in [0.25, 0.3) is 0 Å². The van der Waals surface area contributed by atoms with Gasteiger partial charge < -0.3 is 20.6 Å². The number of carbonyl (C=O) groups excluding carboxylic acids is 1. The van der Waals surface area contributed by atoms with Gasteiger partial charge in [-0.25, -0.2) is 4.79 Å². The summed E-state index contributed by atoms with van der Waals surface area (Å²) in [5.74, 6) is -1.06. The quantitative estimate of drug-likeness (QED) is 0.399. The fraction of sp³-hybridized carbons (Fsp3) is 0.548. The molecule has 39 heavy (non-hydrogen) atoms. The van der Waals surface area contributed by atoms with E-state index in [2.05, 4.69) is 33.0 Å².